The highest BCUT2D eigenvalue weighted by atomic mass is 32.2. The molecule has 1 fully saturated rings. The Hall–Kier alpha value is -1.82. The van der Waals surface area contributed by atoms with Crippen molar-refractivity contribution in [2.75, 3.05) is 5.75 Å². The van der Waals surface area contributed by atoms with Crippen molar-refractivity contribution >= 4 is 29.5 Å². The van der Waals surface area contributed by atoms with Gasteiger partial charge in [0, 0.05) is 23.4 Å². The number of unbranched alkanes of at least 4 members (excludes halogenated alkanes) is 5. The van der Waals surface area contributed by atoms with E-state index in [0.717, 1.165) is 16.2 Å². The summed E-state index contributed by atoms with van der Waals surface area (Å²) in [4.78, 5) is 39.3. The number of rotatable bonds is 10. The summed E-state index contributed by atoms with van der Waals surface area (Å²) in [5, 5.41) is 2.36. The molecule has 0 radical (unpaired) electrons. The van der Waals surface area contributed by atoms with Gasteiger partial charge in [0.1, 0.15) is 6.04 Å². The number of piperidine rings is 1. The Kier molecular flexibility index (Phi) is 8.20. The maximum absolute atomic E-state index is 12.9. The first-order valence-corrected chi connectivity index (χ1v) is 12.6. The van der Waals surface area contributed by atoms with Crippen LogP contribution in [0.5, 0.6) is 0 Å². The quantitative estimate of drug-likeness (QED) is 0.301. The standard InChI is InChI=1S/C25H36N2O3S/c1-25(2,3)15-8-6-4-5-7-9-16-31-21-12-10-11-18-19(21)17-27(24(18)30)20-13-14-22(28)26-23(20)29/h10-12,20H,4-9,13-17H2,1-3H3,(H,26,28,29). The van der Waals surface area contributed by atoms with E-state index in [1.165, 1.54) is 44.9 Å². The van der Waals surface area contributed by atoms with E-state index in [9.17, 15) is 14.4 Å². The smallest absolute Gasteiger partial charge is 0.255 e. The van der Waals surface area contributed by atoms with Crippen molar-refractivity contribution in [3.63, 3.8) is 0 Å². The third-order valence-electron chi connectivity index (χ3n) is 6.12. The van der Waals surface area contributed by atoms with Crippen LogP contribution in [0, 0.1) is 5.41 Å². The number of nitrogens with one attached hydrogen (secondary N) is 1. The lowest BCUT2D eigenvalue weighted by molar-refractivity contribution is -0.136. The average molecular weight is 445 g/mol. The van der Waals surface area contributed by atoms with Gasteiger partial charge in [-0.1, -0.05) is 58.9 Å². The van der Waals surface area contributed by atoms with Gasteiger partial charge in [-0.25, -0.2) is 0 Å². The first-order valence-electron chi connectivity index (χ1n) is 11.7. The third-order valence-corrected chi connectivity index (χ3v) is 7.30. The van der Waals surface area contributed by atoms with Crippen molar-refractivity contribution in [2.24, 2.45) is 5.41 Å². The summed E-state index contributed by atoms with van der Waals surface area (Å²) in [7, 11) is 0. The lowest BCUT2D eigenvalue weighted by Crippen LogP contribution is -2.52. The monoisotopic (exact) mass is 444 g/mol. The first-order chi connectivity index (χ1) is 14.8. The zero-order chi connectivity index (χ0) is 22.4. The lowest BCUT2D eigenvalue weighted by atomic mass is 9.89. The maximum Gasteiger partial charge on any atom is 0.255 e. The van der Waals surface area contributed by atoms with Crippen LogP contribution in [-0.4, -0.2) is 34.4 Å². The molecular formula is C25H36N2O3S. The first kappa shape index (κ1) is 23.8. The summed E-state index contributed by atoms with van der Waals surface area (Å²) in [6.07, 6.45) is 9.68. The van der Waals surface area contributed by atoms with Crippen LogP contribution in [0.4, 0.5) is 0 Å². The summed E-state index contributed by atoms with van der Waals surface area (Å²) >= 11 is 1.82. The highest BCUT2D eigenvalue weighted by Gasteiger charge is 2.39. The minimum absolute atomic E-state index is 0.0952. The average Bonchev–Trinajstić information content (AvgIpc) is 3.03. The number of amides is 3. The van der Waals surface area contributed by atoms with Gasteiger partial charge in [-0.3, -0.25) is 19.7 Å². The van der Waals surface area contributed by atoms with Crippen LogP contribution in [0.3, 0.4) is 0 Å². The van der Waals surface area contributed by atoms with E-state index in [4.69, 9.17) is 0 Å². The van der Waals surface area contributed by atoms with Gasteiger partial charge in [-0.2, -0.15) is 0 Å². The number of fused-ring (bicyclic) bond motifs is 1. The molecule has 2 heterocycles. The van der Waals surface area contributed by atoms with Crippen LogP contribution in [-0.2, 0) is 16.1 Å². The van der Waals surface area contributed by atoms with Crippen molar-refractivity contribution in [1.82, 2.24) is 10.2 Å². The number of hydrogen-bond acceptors (Lipinski definition) is 4. The molecule has 0 aromatic heterocycles. The molecule has 1 saturated heterocycles. The highest BCUT2D eigenvalue weighted by Crippen LogP contribution is 2.34. The molecule has 0 bridgehead atoms. The Morgan fingerprint density at radius 2 is 1.74 bits per heavy atom. The van der Waals surface area contributed by atoms with Crippen LogP contribution >= 0.6 is 11.8 Å². The van der Waals surface area contributed by atoms with E-state index in [0.29, 0.717) is 23.9 Å². The SMILES string of the molecule is CC(C)(C)CCCCCCCCSc1cccc2c1CN(C1CCC(=O)NC1=O)C2=O. The second-order valence-electron chi connectivity index (χ2n) is 9.96. The highest BCUT2D eigenvalue weighted by molar-refractivity contribution is 7.99. The van der Waals surface area contributed by atoms with Crippen LogP contribution in [0.25, 0.3) is 0 Å². The predicted molar refractivity (Wildman–Crippen MR) is 125 cm³/mol. The molecular weight excluding hydrogens is 408 g/mol. The van der Waals surface area contributed by atoms with Crippen molar-refractivity contribution in [1.29, 1.82) is 0 Å². The number of carbonyl (C=O) groups excluding carboxylic acids is 3. The predicted octanol–water partition coefficient (Wildman–Crippen LogP) is 5.32. The molecule has 31 heavy (non-hydrogen) atoms. The molecule has 1 aromatic rings. The second kappa shape index (κ2) is 10.7. The van der Waals surface area contributed by atoms with Crippen LogP contribution in [0.1, 0.15) is 94.5 Å². The fourth-order valence-corrected chi connectivity index (χ4v) is 5.43. The number of carbonyl (C=O) groups is 3. The molecule has 6 heteroatoms. The van der Waals surface area contributed by atoms with Gasteiger partial charge in [0.2, 0.25) is 11.8 Å². The Morgan fingerprint density at radius 3 is 2.45 bits per heavy atom. The van der Waals surface area contributed by atoms with Gasteiger partial charge in [0.25, 0.3) is 5.91 Å². The zero-order valence-corrected chi connectivity index (χ0v) is 20.0. The molecule has 2 aliphatic rings. The summed E-state index contributed by atoms with van der Waals surface area (Å²) in [5.74, 6) is 0.345. The Bertz CT molecular complexity index is 815. The van der Waals surface area contributed by atoms with Gasteiger partial charge in [0.05, 0.1) is 0 Å². The molecule has 1 N–H and O–H groups in total. The summed E-state index contributed by atoms with van der Waals surface area (Å²) in [6, 6.07) is 5.32. The van der Waals surface area contributed by atoms with Gasteiger partial charge in [-0.05, 0) is 48.1 Å². The maximum atomic E-state index is 12.9. The van der Waals surface area contributed by atoms with E-state index in [1.54, 1.807) is 4.90 Å². The molecule has 1 unspecified atom stereocenters. The Balaban J connectivity index is 1.43. The van der Waals surface area contributed by atoms with Gasteiger partial charge < -0.3 is 4.90 Å². The lowest BCUT2D eigenvalue weighted by Gasteiger charge is -2.29. The van der Waals surface area contributed by atoms with Gasteiger partial charge in [-0.15, -0.1) is 11.8 Å². The van der Waals surface area contributed by atoms with Crippen molar-refractivity contribution in [2.45, 2.75) is 96.0 Å². The van der Waals surface area contributed by atoms with Crippen molar-refractivity contribution in [3.8, 4) is 0 Å². The zero-order valence-electron chi connectivity index (χ0n) is 19.2. The normalized spacial score (nSPS) is 19.0. The van der Waals surface area contributed by atoms with Crippen molar-refractivity contribution < 1.29 is 14.4 Å². The topological polar surface area (TPSA) is 66.5 Å². The van der Waals surface area contributed by atoms with Crippen LogP contribution < -0.4 is 5.32 Å². The summed E-state index contributed by atoms with van der Waals surface area (Å²) in [5.41, 5.74) is 2.18. The summed E-state index contributed by atoms with van der Waals surface area (Å²) in [6.45, 7) is 7.38. The fourth-order valence-electron chi connectivity index (χ4n) is 4.34. The number of thioether (sulfide) groups is 1. The molecule has 1 atom stereocenters. The van der Waals surface area contributed by atoms with Crippen molar-refractivity contribution in [3.05, 3.63) is 29.3 Å². The molecule has 2 aliphatic heterocycles. The summed E-state index contributed by atoms with van der Waals surface area (Å²) < 4.78 is 0. The molecule has 5 nitrogen and oxygen atoms in total. The fraction of sp³-hybridized carbons (Fsp3) is 0.640. The number of benzene rings is 1. The van der Waals surface area contributed by atoms with Crippen LogP contribution in [0.15, 0.2) is 23.1 Å². The Labute approximate surface area is 190 Å². The molecule has 0 saturated carbocycles. The van der Waals surface area contributed by atoms with Gasteiger partial charge >= 0.3 is 0 Å². The number of nitrogens with zero attached hydrogens (tertiary/aromatic N) is 1. The number of hydrogen-bond donors (Lipinski definition) is 1. The second-order valence-corrected chi connectivity index (χ2v) is 11.1. The van der Waals surface area contributed by atoms with E-state index in [1.807, 2.05) is 23.9 Å². The largest absolute Gasteiger partial charge is 0.322 e. The molecule has 3 amide bonds. The van der Waals surface area contributed by atoms with E-state index < -0.39 is 6.04 Å². The molecule has 0 aliphatic carbocycles. The van der Waals surface area contributed by atoms with Gasteiger partial charge in [0.15, 0.2) is 0 Å². The molecule has 1 aromatic carbocycles. The van der Waals surface area contributed by atoms with Crippen LogP contribution in [0.2, 0.25) is 0 Å². The van der Waals surface area contributed by atoms with E-state index >= 15 is 0 Å². The molecule has 3 rings (SSSR count). The molecule has 170 valence electrons. The minimum atomic E-state index is -0.547. The molecule has 0 spiro atoms. The third kappa shape index (κ3) is 6.58. The minimum Gasteiger partial charge on any atom is -0.322 e. The van der Waals surface area contributed by atoms with E-state index in [2.05, 4.69) is 32.2 Å². The van der Waals surface area contributed by atoms with E-state index in [-0.39, 0.29) is 24.1 Å². The number of imide groups is 1. The Morgan fingerprint density at radius 1 is 1.03 bits per heavy atom.